The molecule has 0 radical (unpaired) electrons. The van der Waals surface area contributed by atoms with Crippen molar-refractivity contribution in [2.45, 2.75) is 44.1 Å². The first-order chi connectivity index (χ1) is 13.1. The molecule has 1 aliphatic rings. The van der Waals surface area contributed by atoms with Crippen molar-refractivity contribution in [2.75, 3.05) is 12.4 Å². The summed E-state index contributed by atoms with van der Waals surface area (Å²) in [6.07, 6.45) is -2.22. The van der Waals surface area contributed by atoms with Crippen molar-refractivity contribution in [2.24, 2.45) is 5.92 Å². The molecule has 1 aromatic carbocycles. The highest BCUT2D eigenvalue weighted by atomic mass is 35.5. The predicted octanol–water partition coefficient (Wildman–Crippen LogP) is 3.04. The first-order valence-corrected chi connectivity index (χ1v) is 10.6. The smallest absolute Gasteiger partial charge is 0.261 e. The zero-order valence-corrected chi connectivity index (χ0v) is 16.6. The summed E-state index contributed by atoms with van der Waals surface area (Å²) in [6.45, 7) is -0.114. The van der Waals surface area contributed by atoms with Crippen molar-refractivity contribution < 1.29 is 36.3 Å². The van der Waals surface area contributed by atoms with E-state index in [-0.39, 0.29) is 39.6 Å². The molecule has 10 heteroatoms. The monoisotopic (exact) mass is 436 g/mol. The third kappa shape index (κ3) is 4.82. The van der Waals surface area contributed by atoms with Crippen LogP contribution in [-0.2, 0) is 30.8 Å². The highest BCUT2D eigenvalue weighted by molar-refractivity contribution is 7.91. The van der Waals surface area contributed by atoms with Crippen LogP contribution in [0.25, 0.3) is 0 Å². The van der Waals surface area contributed by atoms with E-state index in [9.17, 15) is 31.6 Å². The summed E-state index contributed by atoms with van der Waals surface area (Å²) in [4.78, 5) is 36.6. The van der Waals surface area contributed by atoms with Gasteiger partial charge in [-0.05, 0) is 18.6 Å². The Hall–Kier alpha value is -1.71. The van der Waals surface area contributed by atoms with Crippen LogP contribution in [0.2, 0.25) is 5.02 Å². The fourth-order valence-electron chi connectivity index (χ4n) is 2.98. The Bertz CT molecular complexity index is 882. The number of sulfone groups is 1. The number of alkyl halides is 2. The van der Waals surface area contributed by atoms with E-state index in [1.165, 1.54) is 6.92 Å². The second kappa shape index (κ2) is 9.19. The normalized spacial score (nSPS) is 16.0. The van der Waals surface area contributed by atoms with Gasteiger partial charge in [-0.15, -0.1) is 0 Å². The molecule has 0 spiro atoms. The molecule has 1 aromatic rings. The summed E-state index contributed by atoms with van der Waals surface area (Å²) in [5, 5.41) is -0.319. The van der Waals surface area contributed by atoms with Crippen LogP contribution in [0.3, 0.4) is 0 Å². The number of Topliss-reactive ketones (excluding diaryl/α,β-unsaturated/α-hetero) is 3. The van der Waals surface area contributed by atoms with Gasteiger partial charge >= 0.3 is 0 Å². The zero-order chi connectivity index (χ0) is 21.1. The molecule has 1 saturated carbocycles. The molecule has 0 N–H and O–H groups in total. The molecule has 154 valence electrons. The van der Waals surface area contributed by atoms with Crippen molar-refractivity contribution in [3.8, 4) is 0 Å². The fraction of sp³-hybridized carbons (Fsp3) is 0.500. The largest absolute Gasteiger partial charge is 0.371 e. The molecule has 28 heavy (non-hydrogen) atoms. The molecule has 0 amide bonds. The third-order valence-electron chi connectivity index (χ3n) is 4.42. The van der Waals surface area contributed by atoms with Crippen LogP contribution < -0.4 is 0 Å². The summed E-state index contributed by atoms with van der Waals surface area (Å²) < 4.78 is 54.2. The molecular formula is C18H19ClF2O6S. The van der Waals surface area contributed by atoms with Gasteiger partial charge in [-0.25, -0.2) is 17.2 Å². The zero-order valence-electron chi connectivity index (χ0n) is 15.0. The predicted molar refractivity (Wildman–Crippen MR) is 96.5 cm³/mol. The number of rotatable bonds is 8. The Morgan fingerprint density at radius 3 is 2.39 bits per heavy atom. The van der Waals surface area contributed by atoms with Crippen LogP contribution in [0.5, 0.6) is 0 Å². The van der Waals surface area contributed by atoms with E-state index >= 15 is 0 Å². The van der Waals surface area contributed by atoms with Gasteiger partial charge in [0, 0.05) is 24.0 Å². The molecular weight excluding hydrogens is 418 g/mol. The molecule has 0 aliphatic heterocycles. The number of carbonyl (C=O) groups is 3. The van der Waals surface area contributed by atoms with E-state index in [1.54, 1.807) is 0 Å². The number of ether oxygens (including phenoxy) is 1. The third-order valence-corrected chi connectivity index (χ3v) is 6.67. The molecule has 0 heterocycles. The average Bonchev–Trinajstić information content (AvgIpc) is 2.62. The van der Waals surface area contributed by atoms with Gasteiger partial charge in [-0.1, -0.05) is 18.5 Å². The Labute approximate surface area is 166 Å². The van der Waals surface area contributed by atoms with Crippen LogP contribution in [0, 0.1) is 5.92 Å². The van der Waals surface area contributed by atoms with Crippen molar-refractivity contribution >= 4 is 38.8 Å². The van der Waals surface area contributed by atoms with E-state index < -0.39 is 52.7 Å². The second-order valence-corrected chi connectivity index (χ2v) is 8.92. The highest BCUT2D eigenvalue weighted by Gasteiger charge is 2.38. The van der Waals surface area contributed by atoms with E-state index in [0.29, 0.717) is 6.42 Å². The quantitative estimate of drug-likeness (QED) is 0.459. The van der Waals surface area contributed by atoms with Gasteiger partial charge in [-0.3, -0.25) is 14.4 Å². The fourth-order valence-corrected chi connectivity index (χ4v) is 4.47. The molecule has 0 aromatic heterocycles. The standard InChI is InChI=1S/C18H19ClF2O6S/c1-2-28(25,26)14-7-6-10(17(19)11(14)8-27-9-15(20)21)18(24)16-12(22)4-3-5-13(16)23/h6-7,15-16H,2-5,8-9H2,1H3. The SMILES string of the molecule is CCS(=O)(=O)c1ccc(C(=O)C2C(=O)CCCC2=O)c(Cl)c1COCC(F)F. The number of carbonyl (C=O) groups excluding carboxylic acids is 3. The lowest BCUT2D eigenvalue weighted by molar-refractivity contribution is -0.133. The Morgan fingerprint density at radius 2 is 1.86 bits per heavy atom. The first-order valence-electron chi connectivity index (χ1n) is 8.59. The minimum atomic E-state index is -3.79. The van der Waals surface area contributed by atoms with E-state index in [1.807, 2.05) is 0 Å². The lowest BCUT2D eigenvalue weighted by Gasteiger charge is -2.20. The maximum Gasteiger partial charge on any atom is 0.261 e. The molecule has 2 rings (SSSR count). The van der Waals surface area contributed by atoms with Crippen LogP contribution in [0.1, 0.15) is 42.1 Å². The minimum absolute atomic E-state index is 0.0897. The molecule has 0 bridgehead atoms. The molecule has 1 fully saturated rings. The van der Waals surface area contributed by atoms with E-state index in [0.717, 1.165) is 12.1 Å². The molecule has 1 aliphatic carbocycles. The maximum atomic E-state index is 12.8. The second-order valence-electron chi connectivity index (χ2n) is 6.30. The van der Waals surface area contributed by atoms with E-state index in [2.05, 4.69) is 0 Å². The first kappa shape index (κ1) is 22.6. The average molecular weight is 437 g/mol. The van der Waals surface area contributed by atoms with Gasteiger partial charge in [-0.2, -0.15) is 0 Å². The van der Waals surface area contributed by atoms with Gasteiger partial charge in [0.2, 0.25) is 0 Å². The van der Waals surface area contributed by atoms with Crippen LogP contribution >= 0.6 is 11.6 Å². The Morgan fingerprint density at radius 1 is 1.25 bits per heavy atom. The van der Waals surface area contributed by atoms with Crippen LogP contribution in [-0.4, -0.2) is 44.6 Å². The minimum Gasteiger partial charge on any atom is -0.371 e. The van der Waals surface area contributed by atoms with Crippen molar-refractivity contribution in [1.29, 1.82) is 0 Å². The number of hydrogen-bond acceptors (Lipinski definition) is 6. The Balaban J connectivity index is 2.50. The number of halogens is 3. The van der Waals surface area contributed by atoms with Gasteiger partial charge in [0.05, 0.1) is 22.3 Å². The number of ketones is 3. The summed E-state index contributed by atoms with van der Waals surface area (Å²) in [5.74, 6) is -3.61. The van der Waals surface area contributed by atoms with Crippen LogP contribution in [0.15, 0.2) is 17.0 Å². The van der Waals surface area contributed by atoms with Gasteiger partial charge < -0.3 is 4.74 Å². The van der Waals surface area contributed by atoms with Gasteiger partial charge in [0.25, 0.3) is 6.43 Å². The number of benzene rings is 1. The lowest BCUT2D eigenvalue weighted by Crippen LogP contribution is -2.35. The van der Waals surface area contributed by atoms with Crippen molar-refractivity contribution in [3.05, 3.63) is 28.3 Å². The molecule has 0 saturated heterocycles. The molecule has 0 atom stereocenters. The summed E-state index contributed by atoms with van der Waals surface area (Å²) in [5.41, 5.74) is -0.355. The van der Waals surface area contributed by atoms with Gasteiger partial charge in [0.1, 0.15) is 12.5 Å². The molecule has 0 unspecified atom stereocenters. The van der Waals surface area contributed by atoms with E-state index in [4.69, 9.17) is 16.3 Å². The Kier molecular flexibility index (Phi) is 7.41. The lowest BCUT2D eigenvalue weighted by atomic mass is 9.81. The van der Waals surface area contributed by atoms with Crippen molar-refractivity contribution in [3.63, 3.8) is 0 Å². The topological polar surface area (TPSA) is 94.6 Å². The molecule has 6 nitrogen and oxygen atoms in total. The maximum absolute atomic E-state index is 12.8. The summed E-state index contributed by atoms with van der Waals surface area (Å²) >= 11 is 6.23. The highest BCUT2D eigenvalue weighted by Crippen LogP contribution is 2.32. The summed E-state index contributed by atoms with van der Waals surface area (Å²) in [6, 6.07) is 2.26. The van der Waals surface area contributed by atoms with Crippen molar-refractivity contribution in [1.82, 2.24) is 0 Å². The van der Waals surface area contributed by atoms with Crippen LogP contribution in [0.4, 0.5) is 8.78 Å². The van der Waals surface area contributed by atoms with Gasteiger partial charge in [0.15, 0.2) is 27.2 Å². The number of hydrogen-bond donors (Lipinski definition) is 0. The summed E-state index contributed by atoms with van der Waals surface area (Å²) in [7, 11) is -3.79.